The van der Waals surface area contributed by atoms with E-state index in [1.165, 1.54) is 31.4 Å². The maximum atomic E-state index is 13.5. The van der Waals surface area contributed by atoms with Gasteiger partial charge in [-0.25, -0.2) is 9.18 Å². The largest absolute Gasteiger partial charge is 0.465 e. The monoisotopic (exact) mass is 402 g/mol. The van der Waals surface area contributed by atoms with Gasteiger partial charge in [-0.2, -0.15) is 0 Å². The van der Waals surface area contributed by atoms with E-state index in [9.17, 15) is 23.6 Å². The van der Waals surface area contributed by atoms with Crippen LogP contribution in [0, 0.1) is 12.7 Å². The number of rotatable bonds is 7. The Morgan fingerprint density at radius 2 is 1.79 bits per heavy atom. The highest BCUT2D eigenvalue weighted by molar-refractivity contribution is 5.97. The van der Waals surface area contributed by atoms with Gasteiger partial charge in [0.2, 0.25) is 0 Å². The number of amides is 2. The Balaban J connectivity index is 1.83. The summed E-state index contributed by atoms with van der Waals surface area (Å²) in [6.45, 7) is 0.592. The van der Waals surface area contributed by atoms with Crippen molar-refractivity contribution in [3.05, 3.63) is 65.0 Å². The predicted octanol–water partition coefficient (Wildman–Crippen LogP) is 1.83. The zero-order valence-corrected chi connectivity index (χ0v) is 15.8. The molecule has 152 valence electrons. The van der Waals surface area contributed by atoms with Gasteiger partial charge in [-0.05, 0) is 36.8 Å². The summed E-state index contributed by atoms with van der Waals surface area (Å²) < 4.78 is 22.9. The number of anilines is 1. The van der Waals surface area contributed by atoms with Crippen molar-refractivity contribution in [1.29, 1.82) is 0 Å². The van der Waals surface area contributed by atoms with Gasteiger partial charge in [-0.3, -0.25) is 14.4 Å². The Hall–Kier alpha value is -3.75. The van der Waals surface area contributed by atoms with Crippen LogP contribution in [0.25, 0.3) is 0 Å². The van der Waals surface area contributed by atoms with Crippen molar-refractivity contribution in [3.63, 3.8) is 0 Å². The SMILES string of the molecule is COC(=O)c1ccc(C)c(NC(=O)COC(=O)CNC(=O)c2ccccc2F)c1. The Bertz CT molecular complexity index is 944. The Labute approximate surface area is 166 Å². The molecule has 0 fully saturated rings. The summed E-state index contributed by atoms with van der Waals surface area (Å²) in [6, 6.07) is 9.93. The molecule has 0 spiro atoms. The highest BCUT2D eigenvalue weighted by Crippen LogP contribution is 2.17. The second-order valence-electron chi connectivity index (χ2n) is 5.89. The minimum absolute atomic E-state index is 0.209. The van der Waals surface area contributed by atoms with Crippen LogP contribution in [0.5, 0.6) is 0 Å². The number of nitrogens with one attached hydrogen (secondary N) is 2. The molecule has 0 aromatic heterocycles. The molecule has 0 bridgehead atoms. The maximum Gasteiger partial charge on any atom is 0.337 e. The first-order valence-electron chi connectivity index (χ1n) is 8.49. The lowest BCUT2D eigenvalue weighted by Crippen LogP contribution is -2.32. The Kier molecular flexibility index (Phi) is 7.41. The molecular weight excluding hydrogens is 383 g/mol. The molecule has 9 heteroatoms. The summed E-state index contributed by atoms with van der Waals surface area (Å²) in [4.78, 5) is 47.1. The summed E-state index contributed by atoms with van der Waals surface area (Å²) in [5, 5.41) is 4.73. The number of carbonyl (C=O) groups excluding carboxylic acids is 4. The average molecular weight is 402 g/mol. The van der Waals surface area contributed by atoms with Crippen molar-refractivity contribution < 1.29 is 33.0 Å². The molecule has 0 saturated carbocycles. The van der Waals surface area contributed by atoms with E-state index in [0.717, 1.165) is 6.07 Å². The molecule has 2 aromatic carbocycles. The van der Waals surface area contributed by atoms with Crippen molar-refractivity contribution in [1.82, 2.24) is 5.32 Å². The number of hydrogen-bond donors (Lipinski definition) is 2. The number of carbonyl (C=O) groups is 4. The highest BCUT2D eigenvalue weighted by Gasteiger charge is 2.14. The smallest absolute Gasteiger partial charge is 0.337 e. The van der Waals surface area contributed by atoms with Crippen LogP contribution in [0.2, 0.25) is 0 Å². The predicted molar refractivity (Wildman–Crippen MR) is 101 cm³/mol. The molecule has 0 heterocycles. The molecule has 0 atom stereocenters. The molecule has 0 saturated heterocycles. The number of benzene rings is 2. The minimum Gasteiger partial charge on any atom is -0.465 e. The fourth-order valence-electron chi connectivity index (χ4n) is 2.28. The fraction of sp³-hybridized carbons (Fsp3) is 0.200. The van der Waals surface area contributed by atoms with Gasteiger partial charge in [0.05, 0.1) is 18.2 Å². The van der Waals surface area contributed by atoms with E-state index in [-0.39, 0.29) is 11.1 Å². The first-order valence-corrected chi connectivity index (χ1v) is 8.49. The summed E-state index contributed by atoms with van der Waals surface area (Å²) in [7, 11) is 1.24. The zero-order valence-electron chi connectivity index (χ0n) is 15.8. The van der Waals surface area contributed by atoms with E-state index in [2.05, 4.69) is 15.4 Å². The van der Waals surface area contributed by atoms with E-state index in [1.807, 2.05) is 0 Å². The van der Waals surface area contributed by atoms with Crippen LogP contribution < -0.4 is 10.6 Å². The van der Waals surface area contributed by atoms with Gasteiger partial charge in [-0.15, -0.1) is 0 Å². The summed E-state index contributed by atoms with van der Waals surface area (Å²) in [5.74, 6) is -3.56. The molecule has 0 aliphatic heterocycles. The summed E-state index contributed by atoms with van der Waals surface area (Å²) in [5.41, 5.74) is 1.09. The van der Waals surface area contributed by atoms with Gasteiger partial charge < -0.3 is 20.1 Å². The number of halogens is 1. The molecule has 8 nitrogen and oxygen atoms in total. The van der Waals surface area contributed by atoms with Crippen LogP contribution >= 0.6 is 0 Å². The van der Waals surface area contributed by atoms with Gasteiger partial charge in [0.15, 0.2) is 6.61 Å². The highest BCUT2D eigenvalue weighted by atomic mass is 19.1. The van der Waals surface area contributed by atoms with Crippen LogP contribution in [-0.2, 0) is 19.1 Å². The molecule has 2 rings (SSSR count). The minimum atomic E-state index is -0.870. The fourth-order valence-corrected chi connectivity index (χ4v) is 2.28. The van der Waals surface area contributed by atoms with Crippen LogP contribution in [0.1, 0.15) is 26.3 Å². The maximum absolute atomic E-state index is 13.5. The van der Waals surface area contributed by atoms with Crippen molar-refractivity contribution in [2.45, 2.75) is 6.92 Å². The molecule has 0 aliphatic rings. The first kappa shape index (κ1) is 21.5. The summed E-state index contributed by atoms with van der Waals surface area (Å²) >= 11 is 0. The molecule has 2 N–H and O–H groups in total. The molecule has 29 heavy (non-hydrogen) atoms. The first-order chi connectivity index (χ1) is 13.8. The average Bonchev–Trinajstić information content (AvgIpc) is 2.71. The van der Waals surface area contributed by atoms with Gasteiger partial charge >= 0.3 is 11.9 Å². The molecule has 2 aromatic rings. The third-order valence-electron chi connectivity index (χ3n) is 3.81. The molecular formula is C20H19FN2O6. The molecule has 2 amide bonds. The van der Waals surface area contributed by atoms with E-state index in [0.29, 0.717) is 11.3 Å². The topological polar surface area (TPSA) is 111 Å². The quantitative estimate of drug-likeness (QED) is 0.684. The van der Waals surface area contributed by atoms with Crippen molar-refractivity contribution >= 4 is 29.4 Å². The number of esters is 2. The van der Waals surface area contributed by atoms with Gasteiger partial charge in [-0.1, -0.05) is 18.2 Å². The van der Waals surface area contributed by atoms with Crippen molar-refractivity contribution in [3.8, 4) is 0 Å². The van der Waals surface area contributed by atoms with Gasteiger partial charge in [0.25, 0.3) is 11.8 Å². The number of hydrogen-bond acceptors (Lipinski definition) is 6. The molecule has 0 radical (unpaired) electrons. The second kappa shape index (κ2) is 9.98. The standard InChI is InChI=1S/C20H19FN2O6/c1-12-7-8-13(20(27)28-2)9-16(12)23-17(24)11-29-18(25)10-22-19(26)14-5-3-4-6-15(14)21/h3-9H,10-11H2,1-2H3,(H,22,26)(H,23,24). The lowest BCUT2D eigenvalue weighted by atomic mass is 10.1. The van der Waals surface area contributed by atoms with Gasteiger partial charge in [0, 0.05) is 5.69 Å². The van der Waals surface area contributed by atoms with Crippen LogP contribution in [0.15, 0.2) is 42.5 Å². The van der Waals surface area contributed by atoms with Crippen molar-refractivity contribution in [2.24, 2.45) is 0 Å². The zero-order chi connectivity index (χ0) is 21.4. The van der Waals surface area contributed by atoms with Gasteiger partial charge in [0.1, 0.15) is 12.4 Å². The van der Waals surface area contributed by atoms with E-state index >= 15 is 0 Å². The number of methoxy groups -OCH3 is 1. The van der Waals surface area contributed by atoms with E-state index in [4.69, 9.17) is 4.74 Å². The lowest BCUT2D eigenvalue weighted by molar-refractivity contribution is -0.146. The third-order valence-corrected chi connectivity index (χ3v) is 3.81. The second-order valence-corrected chi connectivity index (χ2v) is 5.89. The summed E-state index contributed by atoms with van der Waals surface area (Å²) in [6.07, 6.45) is 0. The van der Waals surface area contributed by atoms with E-state index in [1.54, 1.807) is 19.1 Å². The Morgan fingerprint density at radius 3 is 2.48 bits per heavy atom. The molecule has 0 aliphatic carbocycles. The van der Waals surface area contributed by atoms with Crippen LogP contribution in [0.4, 0.5) is 10.1 Å². The number of aryl methyl sites for hydroxylation is 1. The van der Waals surface area contributed by atoms with Crippen molar-refractivity contribution in [2.75, 3.05) is 25.6 Å². The Morgan fingerprint density at radius 1 is 1.07 bits per heavy atom. The lowest BCUT2D eigenvalue weighted by Gasteiger charge is -2.11. The number of ether oxygens (including phenoxy) is 2. The molecule has 0 unspecified atom stereocenters. The normalized spacial score (nSPS) is 10.0. The third kappa shape index (κ3) is 6.13. The van der Waals surface area contributed by atoms with Crippen LogP contribution in [-0.4, -0.2) is 44.0 Å². The van der Waals surface area contributed by atoms with Crippen LogP contribution in [0.3, 0.4) is 0 Å². The van der Waals surface area contributed by atoms with E-state index < -0.39 is 42.7 Å².